The molecular formula is C13H20ClN3OS. The Morgan fingerprint density at radius 1 is 1.32 bits per heavy atom. The van der Waals surface area contributed by atoms with Gasteiger partial charge in [0.25, 0.3) is 0 Å². The Morgan fingerprint density at radius 3 is 2.79 bits per heavy atom. The van der Waals surface area contributed by atoms with E-state index in [4.69, 9.17) is 5.73 Å². The third-order valence-corrected chi connectivity index (χ3v) is 4.99. The molecule has 0 saturated heterocycles. The molecule has 4 nitrogen and oxygen atoms in total. The van der Waals surface area contributed by atoms with Crippen molar-refractivity contribution in [2.75, 3.05) is 5.32 Å². The number of anilines is 1. The monoisotopic (exact) mass is 301 g/mol. The van der Waals surface area contributed by atoms with Crippen LogP contribution in [0.3, 0.4) is 0 Å². The van der Waals surface area contributed by atoms with Gasteiger partial charge in [0.15, 0.2) is 5.13 Å². The summed E-state index contributed by atoms with van der Waals surface area (Å²) in [5, 5.41) is 3.76. The minimum atomic E-state index is 0. The van der Waals surface area contributed by atoms with E-state index in [1.54, 1.807) is 11.3 Å². The fraction of sp³-hybridized carbons (Fsp3) is 0.692. The minimum Gasteiger partial charge on any atom is -0.328 e. The maximum absolute atomic E-state index is 12.1. The lowest BCUT2D eigenvalue weighted by Crippen LogP contribution is -2.23. The van der Waals surface area contributed by atoms with Gasteiger partial charge in [-0.25, -0.2) is 4.98 Å². The molecule has 3 rings (SSSR count). The number of carbonyl (C=O) groups is 1. The zero-order chi connectivity index (χ0) is 12.5. The van der Waals surface area contributed by atoms with E-state index in [1.807, 2.05) is 0 Å². The highest BCUT2D eigenvalue weighted by atomic mass is 35.5. The van der Waals surface area contributed by atoms with Gasteiger partial charge in [-0.2, -0.15) is 0 Å². The normalized spacial score (nSPS) is 25.5. The molecule has 19 heavy (non-hydrogen) atoms. The highest BCUT2D eigenvalue weighted by Gasteiger charge is 2.28. The Bertz CT molecular complexity index is 439. The van der Waals surface area contributed by atoms with E-state index >= 15 is 0 Å². The summed E-state index contributed by atoms with van der Waals surface area (Å²) in [5.41, 5.74) is 7.04. The molecule has 2 aliphatic carbocycles. The number of aryl methyl sites for hydroxylation is 2. The molecule has 0 bridgehead atoms. The summed E-state index contributed by atoms with van der Waals surface area (Å²) in [4.78, 5) is 18.0. The Morgan fingerprint density at radius 2 is 2.11 bits per heavy atom. The average molecular weight is 302 g/mol. The number of nitrogens with two attached hydrogens (primary N) is 1. The first-order chi connectivity index (χ1) is 8.72. The zero-order valence-corrected chi connectivity index (χ0v) is 12.5. The fourth-order valence-electron chi connectivity index (χ4n) is 2.87. The predicted octanol–water partition coefficient (Wildman–Crippen LogP) is 2.51. The second kappa shape index (κ2) is 6.20. The van der Waals surface area contributed by atoms with Crippen LogP contribution in [-0.4, -0.2) is 16.9 Å². The molecule has 3 N–H and O–H groups in total. The summed E-state index contributed by atoms with van der Waals surface area (Å²) in [5.74, 6) is 0.190. The topological polar surface area (TPSA) is 68.0 Å². The smallest absolute Gasteiger partial charge is 0.229 e. The van der Waals surface area contributed by atoms with Crippen LogP contribution in [0.25, 0.3) is 0 Å². The van der Waals surface area contributed by atoms with Crippen LogP contribution in [0.5, 0.6) is 0 Å². The number of carbonyl (C=O) groups excluding carboxylic acids is 1. The molecule has 6 heteroatoms. The van der Waals surface area contributed by atoms with Crippen LogP contribution in [0.15, 0.2) is 0 Å². The molecule has 0 aromatic carbocycles. The molecule has 1 fully saturated rings. The van der Waals surface area contributed by atoms with Gasteiger partial charge < -0.3 is 11.1 Å². The van der Waals surface area contributed by atoms with Crippen LogP contribution in [0, 0.1) is 5.92 Å². The molecule has 1 amide bonds. The summed E-state index contributed by atoms with van der Waals surface area (Å²) < 4.78 is 0. The number of rotatable bonds is 2. The molecular weight excluding hydrogens is 282 g/mol. The van der Waals surface area contributed by atoms with E-state index in [0.717, 1.165) is 37.2 Å². The van der Waals surface area contributed by atoms with Crippen molar-refractivity contribution >= 4 is 34.8 Å². The van der Waals surface area contributed by atoms with Crippen molar-refractivity contribution in [1.29, 1.82) is 0 Å². The molecule has 2 atom stereocenters. The number of halogens is 1. The van der Waals surface area contributed by atoms with Crippen molar-refractivity contribution in [3.05, 3.63) is 10.6 Å². The first-order valence-electron chi connectivity index (χ1n) is 6.77. The quantitative estimate of drug-likeness (QED) is 0.882. The Labute approximate surface area is 123 Å². The van der Waals surface area contributed by atoms with Crippen molar-refractivity contribution in [2.45, 2.75) is 51.0 Å². The van der Waals surface area contributed by atoms with Gasteiger partial charge in [0, 0.05) is 16.8 Å². The van der Waals surface area contributed by atoms with Crippen LogP contribution < -0.4 is 11.1 Å². The molecule has 106 valence electrons. The van der Waals surface area contributed by atoms with E-state index in [9.17, 15) is 4.79 Å². The number of nitrogens with one attached hydrogen (secondary N) is 1. The molecule has 1 saturated carbocycles. The van der Waals surface area contributed by atoms with Gasteiger partial charge in [0.05, 0.1) is 5.69 Å². The minimum absolute atomic E-state index is 0. The number of amides is 1. The number of fused-ring (bicyclic) bond motifs is 1. The summed E-state index contributed by atoms with van der Waals surface area (Å²) in [7, 11) is 0. The highest BCUT2D eigenvalue weighted by Crippen LogP contribution is 2.31. The number of aromatic nitrogens is 1. The second-order valence-corrected chi connectivity index (χ2v) is 6.44. The van der Waals surface area contributed by atoms with Gasteiger partial charge in [0.2, 0.25) is 5.91 Å². The third-order valence-electron chi connectivity index (χ3n) is 3.92. The Kier molecular flexibility index (Phi) is 4.81. The Hall–Kier alpha value is -0.650. The van der Waals surface area contributed by atoms with Gasteiger partial charge in [-0.05, 0) is 44.9 Å². The van der Waals surface area contributed by atoms with E-state index < -0.39 is 0 Å². The Balaban J connectivity index is 0.00000133. The van der Waals surface area contributed by atoms with Crippen molar-refractivity contribution in [2.24, 2.45) is 11.7 Å². The number of nitrogens with zero attached hydrogens (tertiary/aromatic N) is 1. The van der Waals surface area contributed by atoms with Crippen molar-refractivity contribution in [3.8, 4) is 0 Å². The maximum atomic E-state index is 12.1. The predicted molar refractivity (Wildman–Crippen MR) is 80.0 cm³/mol. The third kappa shape index (κ3) is 3.27. The van der Waals surface area contributed by atoms with Gasteiger partial charge in [-0.3, -0.25) is 4.79 Å². The first kappa shape index (κ1) is 14.8. The number of hydrogen-bond donors (Lipinski definition) is 2. The molecule has 1 heterocycles. The van der Waals surface area contributed by atoms with Crippen LogP contribution >= 0.6 is 23.7 Å². The summed E-state index contributed by atoms with van der Waals surface area (Å²) >= 11 is 1.65. The van der Waals surface area contributed by atoms with Crippen molar-refractivity contribution < 1.29 is 4.79 Å². The molecule has 2 aliphatic rings. The molecule has 0 aliphatic heterocycles. The second-order valence-electron chi connectivity index (χ2n) is 5.36. The molecule has 2 unspecified atom stereocenters. The molecule has 0 spiro atoms. The lowest BCUT2D eigenvalue weighted by atomic mass is 10.0. The van der Waals surface area contributed by atoms with E-state index in [1.165, 1.54) is 23.4 Å². The average Bonchev–Trinajstić information content (AvgIpc) is 2.94. The SMILES string of the molecule is Cl.NC1CCC(C(=O)Nc2nc3c(s2)CCCC3)C1. The number of thiazole rings is 1. The highest BCUT2D eigenvalue weighted by molar-refractivity contribution is 7.15. The van der Waals surface area contributed by atoms with Gasteiger partial charge in [-0.1, -0.05) is 0 Å². The fourth-order valence-corrected chi connectivity index (χ4v) is 3.92. The molecule has 1 aromatic heterocycles. The summed E-state index contributed by atoms with van der Waals surface area (Å²) in [6, 6.07) is 0.199. The number of hydrogen-bond acceptors (Lipinski definition) is 4. The van der Waals surface area contributed by atoms with Crippen molar-refractivity contribution in [3.63, 3.8) is 0 Å². The zero-order valence-electron chi connectivity index (χ0n) is 10.9. The van der Waals surface area contributed by atoms with E-state index in [0.29, 0.717) is 0 Å². The lowest BCUT2D eigenvalue weighted by Gasteiger charge is -2.08. The van der Waals surface area contributed by atoms with Gasteiger partial charge in [-0.15, -0.1) is 23.7 Å². The molecule has 1 aromatic rings. The van der Waals surface area contributed by atoms with E-state index in [2.05, 4.69) is 10.3 Å². The van der Waals surface area contributed by atoms with Crippen LogP contribution in [-0.2, 0) is 17.6 Å². The van der Waals surface area contributed by atoms with Crippen molar-refractivity contribution in [1.82, 2.24) is 4.98 Å². The van der Waals surface area contributed by atoms with Crippen LogP contribution in [0.4, 0.5) is 5.13 Å². The standard InChI is InChI=1S/C13H19N3OS.ClH/c14-9-6-5-8(7-9)12(17)16-13-15-10-3-1-2-4-11(10)18-13;/h8-9H,1-7,14H2,(H,15,16,17);1H. The van der Waals surface area contributed by atoms with Gasteiger partial charge in [0.1, 0.15) is 0 Å². The molecule has 0 radical (unpaired) electrons. The lowest BCUT2D eigenvalue weighted by molar-refractivity contribution is -0.119. The maximum Gasteiger partial charge on any atom is 0.229 e. The van der Waals surface area contributed by atoms with Gasteiger partial charge >= 0.3 is 0 Å². The van der Waals surface area contributed by atoms with Crippen LogP contribution in [0.2, 0.25) is 0 Å². The first-order valence-corrected chi connectivity index (χ1v) is 7.59. The largest absolute Gasteiger partial charge is 0.328 e. The van der Waals surface area contributed by atoms with Crippen LogP contribution in [0.1, 0.15) is 42.7 Å². The summed E-state index contributed by atoms with van der Waals surface area (Å²) in [6.45, 7) is 0. The summed E-state index contributed by atoms with van der Waals surface area (Å²) in [6.07, 6.45) is 7.36. The van der Waals surface area contributed by atoms with E-state index in [-0.39, 0.29) is 30.3 Å².